The van der Waals surface area contributed by atoms with E-state index in [1.165, 1.54) is 6.20 Å². The molecule has 0 atom stereocenters. The number of nitrogens with zero attached hydrogens (tertiary/aromatic N) is 2. The number of hydrogen-bond donors (Lipinski definition) is 1. The molecule has 1 aromatic carbocycles. The van der Waals surface area contributed by atoms with Crippen LogP contribution in [-0.2, 0) is 6.42 Å². The fraction of sp³-hybridized carbons (Fsp3) is 0.286. The highest BCUT2D eigenvalue weighted by Crippen LogP contribution is 2.38. The zero-order valence-corrected chi connectivity index (χ0v) is 15.2. The van der Waals surface area contributed by atoms with Crippen LogP contribution in [0.25, 0.3) is 16.5 Å². The van der Waals surface area contributed by atoms with Crippen LogP contribution in [0, 0.1) is 12.3 Å². The Morgan fingerprint density at radius 3 is 2.73 bits per heavy atom. The summed E-state index contributed by atoms with van der Waals surface area (Å²) in [5.74, 6) is 0.606. The minimum atomic E-state index is -0.0637. The first-order valence-corrected chi connectivity index (χ1v) is 8.68. The van der Waals surface area contributed by atoms with Crippen molar-refractivity contribution in [1.29, 1.82) is 0 Å². The van der Waals surface area contributed by atoms with Gasteiger partial charge in [-0.05, 0) is 47.9 Å². The Balaban J connectivity index is 1.96. The zero-order chi connectivity index (χ0) is 18.6. The van der Waals surface area contributed by atoms with Gasteiger partial charge in [-0.2, -0.15) is 0 Å². The molecule has 0 saturated heterocycles. The van der Waals surface area contributed by atoms with Crippen molar-refractivity contribution < 1.29 is 9.59 Å². The Labute approximate surface area is 151 Å². The molecule has 2 aromatic heterocycles. The van der Waals surface area contributed by atoms with E-state index in [9.17, 15) is 9.59 Å². The minimum absolute atomic E-state index is 0.0637. The average Bonchev–Trinajstić information content (AvgIpc) is 2.90. The maximum absolute atomic E-state index is 12.6. The van der Waals surface area contributed by atoms with Crippen LogP contribution >= 0.6 is 0 Å². The molecule has 0 spiro atoms. The lowest BCUT2D eigenvalue weighted by atomic mass is 9.75. The SMILES string of the molecule is Cc1cn(-c2ccc3c(N)ncc(C=O)c3c2)c2c1C(=O)CC(C)(C)C2. The Morgan fingerprint density at radius 2 is 2.00 bits per heavy atom. The number of carbonyl (C=O) groups is 2. The lowest BCUT2D eigenvalue weighted by molar-refractivity contribution is 0.0910. The lowest BCUT2D eigenvalue weighted by Gasteiger charge is -2.30. The molecule has 0 unspecified atom stereocenters. The van der Waals surface area contributed by atoms with Gasteiger partial charge in [0.1, 0.15) is 5.82 Å². The standard InChI is InChI=1S/C21H21N3O2/c1-12-10-24(17-7-21(2,3)8-18(26)19(12)17)14-4-5-15-16(6-14)13(11-25)9-23-20(15)22/h4-6,9-11H,7-8H2,1-3H3,(H2,22,23). The van der Waals surface area contributed by atoms with Crippen LogP contribution in [-0.4, -0.2) is 21.6 Å². The highest BCUT2D eigenvalue weighted by molar-refractivity contribution is 6.03. The summed E-state index contributed by atoms with van der Waals surface area (Å²) in [6.45, 7) is 6.22. The Kier molecular flexibility index (Phi) is 3.51. The fourth-order valence-electron chi connectivity index (χ4n) is 4.02. The Hall–Kier alpha value is -2.95. The van der Waals surface area contributed by atoms with Crippen LogP contribution in [0.4, 0.5) is 5.82 Å². The largest absolute Gasteiger partial charge is 0.383 e. The van der Waals surface area contributed by atoms with Gasteiger partial charge in [-0.25, -0.2) is 4.98 Å². The summed E-state index contributed by atoms with van der Waals surface area (Å²) in [6, 6.07) is 5.79. The summed E-state index contributed by atoms with van der Waals surface area (Å²) < 4.78 is 2.08. The van der Waals surface area contributed by atoms with Gasteiger partial charge in [0, 0.05) is 46.7 Å². The summed E-state index contributed by atoms with van der Waals surface area (Å²) in [4.78, 5) is 28.1. The number of pyridine rings is 1. The van der Waals surface area contributed by atoms with Gasteiger partial charge in [0.2, 0.25) is 0 Å². The quantitative estimate of drug-likeness (QED) is 0.714. The van der Waals surface area contributed by atoms with Gasteiger partial charge in [0.15, 0.2) is 12.1 Å². The van der Waals surface area contributed by atoms with Gasteiger partial charge in [-0.1, -0.05) is 13.8 Å². The number of fused-ring (bicyclic) bond motifs is 2. The highest BCUT2D eigenvalue weighted by Gasteiger charge is 2.34. The van der Waals surface area contributed by atoms with Crippen molar-refractivity contribution in [3.05, 3.63) is 53.0 Å². The molecule has 3 aromatic rings. The predicted molar refractivity (Wildman–Crippen MR) is 102 cm³/mol. The van der Waals surface area contributed by atoms with E-state index < -0.39 is 0 Å². The first-order valence-electron chi connectivity index (χ1n) is 8.68. The van der Waals surface area contributed by atoms with Crippen LogP contribution < -0.4 is 5.73 Å². The highest BCUT2D eigenvalue weighted by atomic mass is 16.1. The van der Waals surface area contributed by atoms with Gasteiger partial charge < -0.3 is 10.3 Å². The summed E-state index contributed by atoms with van der Waals surface area (Å²) in [6.07, 6.45) is 5.70. The first-order chi connectivity index (χ1) is 12.3. The summed E-state index contributed by atoms with van der Waals surface area (Å²) >= 11 is 0. The maximum Gasteiger partial charge on any atom is 0.165 e. The van der Waals surface area contributed by atoms with E-state index >= 15 is 0 Å². The number of nitrogen functional groups attached to an aromatic ring is 1. The molecule has 132 valence electrons. The molecule has 2 heterocycles. The van der Waals surface area contributed by atoms with Crippen molar-refractivity contribution in [2.75, 3.05) is 5.73 Å². The van der Waals surface area contributed by atoms with E-state index in [1.807, 2.05) is 31.3 Å². The van der Waals surface area contributed by atoms with Crippen molar-refractivity contribution in [3.63, 3.8) is 0 Å². The van der Waals surface area contributed by atoms with Gasteiger partial charge in [-0.3, -0.25) is 9.59 Å². The van der Waals surface area contributed by atoms with E-state index in [2.05, 4.69) is 23.4 Å². The second-order valence-corrected chi connectivity index (χ2v) is 7.89. The maximum atomic E-state index is 12.6. The van der Waals surface area contributed by atoms with E-state index in [4.69, 9.17) is 5.73 Å². The Morgan fingerprint density at radius 1 is 1.23 bits per heavy atom. The average molecular weight is 347 g/mol. The van der Waals surface area contributed by atoms with Crippen molar-refractivity contribution in [3.8, 4) is 5.69 Å². The summed E-state index contributed by atoms with van der Waals surface area (Å²) in [5, 5.41) is 1.53. The molecule has 0 aliphatic heterocycles. The second-order valence-electron chi connectivity index (χ2n) is 7.89. The number of nitrogens with two attached hydrogens (primary N) is 1. The molecular weight excluding hydrogens is 326 g/mol. The normalized spacial score (nSPS) is 15.9. The number of anilines is 1. The van der Waals surface area contributed by atoms with Gasteiger partial charge in [0.05, 0.1) is 0 Å². The van der Waals surface area contributed by atoms with E-state index in [-0.39, 0.29) is 11.2 Å². The molecule has 1 aliphatic rings. The molecule has 5 nitrogen and oxygen atoms in total. The topological polar surface area (TPSA) is 78.0 Å². The van der Waals surface area contributed by atoms with E-state index in [1.54, 1.807) is 0 Å². The molecule has 0 radical (unpaired) electrons. The van der Waals surface area contributed by atoms with E-state index in [0.717, 1.165) is 46.0 Å². The third-order valence-electron chi connectivity index (χ3n) is 5.20. The number of aldehydes is 1. The van der Waals surface area contributed by atoms with Gasteiger partial charge in [0.25, 0.3) is 0 Å². The zero-order valence-electron chi connectivity index (χ0n) is 15.2. The van der Waals surface area contributed by atoms with Crippen molar-refractivity contribution >= 4 is 28.7 Å². The molecule has 0 bridgehead atoms. The number of benzene rings is 1. The predicted octanol–water partition coefficient (Wildman–Crippen LogP) is 3.88. The smallest absolute Gasteiger partial charge is 0.165 e. The molecule has 0 saturated carbocycles. The van der Waals surface area contributed by atoms with Crippen molar-refractivity contribution in [2.24, 2.45) is 5.41 Å². The fourth-order valence-corrected chi connectivity index (χ4v) is 4.02. The number of aromatic nitrogens is 2. The third-order valence-corrected chi connectivity index (χ3v) is 5.20. The van der Waals surface area contributed by atoms with Crippen LogP contribution in [0.3, 0.4) is 0 Å². The lowest BCUT2D eigenvalue weighted by Crippen LogP contribution is -2.28. The van der Waals surface area contributed by atoms with Crippen LogP contribution in [0.5, 0.6) is 0 Å². The van der Waals surface area contributed by atoms with Gasteiger partial charge >= 0.3 is 0 Å². The number of carbonyl (C=O) groups excluding carboxylic acids is 2. The second kappa shape index (κ2) is 5.53. The third kappa shape index (κ3) is 2.43. The monoisotopic (exact) mass is 347 g/mol. The van der Waals surface area contributed by atoms with Crippen LogP contribution in [0.2, 0.25) is 0 Å². The molecule has 0 fully saturated rings. The number of rotatable bonds is 2. The molecule has 26 heavy (non-hydrogen) atoms. The number of ketones is 1. The minimum Gasteiger partial charge on any atom is -0.383 e. The first kappa shape index (κ1) is 16.5. The van der Waals surface area contributed by atoms with Crippen LogP contribution in [0.1, 0.15) is 52.2 Å². The number of hydrogen-bond acceptors (Lipinski definition) is 4. The molecule has 4 rings (SSSR count). The molecule has 5 heteroatoms. The summed E-state index contributed by atoms with van der Waals surface area (Å²) in [7, 11) is 0. The molecular formula is C21H21N3O2. The summed E-state index contributed by atoms with van der Waals surface area (Å²) in [5.41, 5.74) is 10.2. The van der Waals surface area contributed by atoms with Gasteiger partial charge in [-0.15, -0.1) is 0 Å². The van der Waals surface area contributed by atoms with E-state index in [0.29, 0.717) is 17.8 Å². The van der Waals surface area contributed by atoms with Crippen molar-refractivity contribution in [2.45, 2.75) is 33.6 Å². The molecule has 2 N–H and O–H groups in total. The molecule has 1 aliphatic carbocycles. The number of Topliss-reactive ketones (excluding diaryl/α,β-unsaturated/α-hetero) is 1. The Bertz CT molecular complexity index is 1080. The van der Waals surface area contributed by atoms with Crippen LogP contribution in [0.15, 0.2) is 30.6 Å². The van der Waals surface area contributed by atoms with Crippen molar-refractivity contribution in [1.82, 2.24) is 9.55 Å². The number of aryl methyl sites for hydroxylation is 1. The molecule has 0 amide bonds.